The van der Waals surface area contributed by atoms with Crippen LogP contribution in [0.5, 0.6) is 5.75 Å². The van der Waals surface area contributed by atoms with Crippen molar-refractivity contribution in [1.82, 2.24) is 0 Å². The Balaban J connectivity index is 1.90. The first-order valence-electron chi connectivity index (χ1n) is 9.95. The zero-order chi connectivity index (χ0) is 21.4. The van der Waals surface area contributed by atoms with E-state index in [-0.39, 0.29) is 11.5 Å². The van der Waals surface area contributed by atoms with Gasteiger partial charge in [-0.05, 0) is 63.6 Å². The summed E-state index contributed by atoms with van der Waals surface area (Å²) in [5.41, 5.74) is 5.85. The topological polar surface area (TPSA) is 61.1 Å². The molecule has 0 radical (unpaired) electrons. The van der Waals surface area contributed by atoms with E-state index in [2.05, 4.69) is 6.07 Å². The van der Waals surface area contributed by atoms with Gasteiger partial charge in [-0.1, -0.05) is 66.7 Å². The number of nitriles is 1. The van der Waals surface area contributed by atoms with Crippen molar-refractivity contribution in [3.8, 4) is 11.8 Å². The van der Waals surface area contributed by atoms with Gasteiger partial charge in [0.25, 0.3) is 0 Å². The number of phenols is 1. The highest BCUT2D eigenvalue weighted by atomic mass is 16.3. The van der Waals surface area contributed by atoms with E-state index >= 15 is 0 Å². The molecule has 1 N–H and O–H groups in total. The highest BCUT2D eigenvalue weighted by Gasteiger charge is 2.22. The zero-order valence-corrected chi connectivity index (χ0v) is 16.5. The molecule has 0 fully saturated rings. The van der Waals surface area contributed by atoms with Crippen LogP contribution in [0.1, 0.15) is 32.6 Å². The van der Waals surface area contributed by atoms with E-state index in [1.54, 1.807) is 24.3 Å². The van der Waals surface area contributed by atoms with Gasteiger partial charge in [-0.3, -0.25) is 4.79 Å². The number of allylic oxidation sites excluding steroid dienone is 3. The van der Waals surface area contributed by atoms with Crippen molar-refractivity contribution >= 4 is 27.7 Å². The third-order valence-corrected chi connectivity index (χ3v) is 5.63. The molecular formula is C28H17NO2. The van der Waals surface area contributed by atoms with E-state index in [4.69, 9.17) is 0 Å². The number of hydrogen-bond acceptors (Lipinski definition) is 3. The average molecular weight is 399 g/mol. The number of hydrogen-bond donors (Lipinski definition) is 1. The zero-order valence-electron chi connectivity index (χ0n) is 16.5. The second-order valence-corrected chi connectivity index (χ2v) is 7.40. The minimum Gasteiger partial charge on any atom is -0.507 e. The lowest BCUT2D eigenvalue weighted by Gasteiger charge is -2.20. The average Bonchev–Trinajstić information content (AvgIpc) is 2.83. The van der Waals surface area contributed by atoms with Crippen LogP contribution in [0.3, 0.4) is 0 Å². The first kappa shape index (κ1) is 18.6. The molecule has 4 aromatic carbocycles. The van der Waals surface area contributed by atoms with E-state index in [0.29, 0.717) is 11.1 Å². The quantitative estimate of drug-likeness (QED) is 0.441. The normalized spacial score (nSPS) is 14.2. The Hall–Kier alpha value is -4.42. The summed E-state index contributed by atoms with van der Waals surface area (Å²) >= 11 is 0. The van der Waals surface area contributed by atoms with Crippen LogP contribution in [0.25, 0.3) is 21.9 Å². The Morgan fingerprint density at radius 2 is 1.42 bits per heavy atom. The van der Waals surface area contributed by atoms with Gasteiger partial charge in [0, 0.05) is 10.9 Å². The van der Waals surface area contributed by atoms with Crippen LogP contribution in [0.2, 0.25) is 0 Å². The van der Waals surface area contributed by atoms with Crippen LogP contribution in [0, 0.1) is 11.3 Å². The fourth-order valence-electron chi connectivity index (χ4n) is 4.16. The summed E-state index contributed by atoms with van der Waals surface area (Å²) in [6.07, 6.45) is 3.46. The summed E-state index contributed by atoms with van der Waals surface area (Å²) in [5.74, 6) is 0.201. The number of rotatable bonds is 2. The third-order valence-electron chi connectivity index (χ3n) is 5.63. The fourth-order valence-corrected chi connectivity index (χ4v) is 4.16. The lowest BCUT2D eigenvalue weighted by Crippen LogP contribution is -2.06. The Bertz CT molecular complexity index is 1450. The molecule has 0 aromatic heterocycles. The Morgan fingerprint density at radius 1 is 0.742 bits per heavy atom. The Kier molecular flexibility index (Phi) is 4.46. The SMILES string of the molecule is N#Cc1ccc(/C(=C2/C=CC(=O)c3ccccc32)c2ccc(O)c3ccccc23)cc1. The van der Waals surface area contributed by atoms with E-state index in [0.717, 1.165) is 38.6 Å². The van der Waals surface area contributed by atoms with E-state index in [1.807, 2.05) is 72.8 Å². The predicted molar refractivity (Wildman–Crippen MR) is 123 cm³/mol. The summed E-state index contributed by atoms with van der Waals surface area (Å²) < 4.78 is 0. The molecule has 0 saturated carbocycles. The molecule has 0 spiro atoms. The third kappa shape index (κ3) is 3.11. The highest BCUT2D eigenvalue weighted by molar-refractivity contribution is 6.18. The summed E-state index contributed by atoms with van der Waals surface area (Å²) in [6, 6.07) is 28.5. The highest BCUT2D eigenvalue weighted by Crippen LogP contribution is 2.41. The van der Waals surface area contributed by atoms with Gasteiger partial charge in [0.1, 0.15) is 5.75 Å². The largest absolute Gasteiger partial charge is 0.507 e. The molecule has 4 aromatic rings. The fraction of sp³-hybridized carbons (Fsp3) is 0. The van der Waals surface area contributed by atoms with Crippen LogP contribution < -0.4 is 0 Å². The number of nitrogens with zero attached hydrogens (tertiary/aromatic N) is 1. The van der Waals surface area contributed by atoms with Gasteiger partial charge in [0.15, 0.2) is 5.78 Å². The molecule has 0 atom stereocenters. The number of benzene rings is 4. The maximum Gasteiger partial charge on any atom is 0.186 e. The molecule has 0 saturated heterocycles. The van der Waals surface area contributed by atoms with Crippen LogP contribution >= 0.6 is 0 Å². The lowest BCUT2D eigenvalue weighted by atomic mass is 9.82. The number of fused-ring (bicyclic) bond motifs is 2. The minimum absolute atomic E-state index is 0.0194. The van der Waals surface area contributed by atoms with Crippen molar-refractivity contribution in [2.24, 2.45) is 0 Å². The Morgan fingerprint density at radius 3 is 2.16 bits per heavy atom. The molecule has 0 amide bonds. The molecule has 3 nitrogen and oxygen atoms in total. The second kappa shape index (κ2) is 7.44. The number of phenolic OH excluding ortho intramolecular Hbond substituents is 1. The minimum atomic E-state index is -0.0194. The summed E-state index contributed by atoms with van der Waals surface area (Å²) in [7, 11) is 0. The summed E-state index contributed by atoms with van der Waals surface area (Å²) in [6.45, 7) is 0. The standard InChI is InChI=1S/C28H17NO2/c29-17-18-9-11-19(12-10-18)28(24-13-15-26(30)22-7-3-1-5-20(22)24)25-14-16-27(31)23-8-4-2-6-21(23)25/h1-16,30H/b28-25+. The lowest BCUT2D eigenvalue weighted by molar-refractivity contribution is 0.104. The number of aromatic hydroxyl groups is 1. The smallest absolute Gasteiger partial charge is 0.186 e. The van der Waals surface area contributed by atoms with Crippen molar-refractivity contribution in [3.63, 3.8) is 0 Å². The van der Waals surface area contributed by atoms with E-state index in [9.17, 15) is 15.2 Å². The Labute approximate surface area is 179 Å². The van der Waals surface area contributed by atoms with Gasteiger partial charge in [-0.25, -0.2) is 0 Å². The van der Waals surface area contributed by atoms with Gasteiger partial charge >= 0.3 is 0 Å². The van der Waals surface area contributed by atoms with Crippen molar-refractivity contribution in [3.05, 3.63) is 125 Å². The summed E-state index contributed by atoms with van der Waals surface area (Å²) in [4.78, 5) is 12.5. The molecule has 1 aliphatic carbocycles. The molecule has 31 heavy (non-hydrogen) atoms. The first-order valence-corrected chi connectivity index (χ1v) is 9.95. The molecule has 0 heterocycles. The van der Waals surface area contributed by atoms with Crippen LogP contribution in [0.15, 0.2) is 97.1 Å². The molecular weight excluding hydrogens is 382 g/mol. The molecule has 146 valence electrons. The summed E-state index contributed by atoms with van der Waals surface area (Å²) in [5, 5.41) is 21.3. The van der Waals surface area contributed by atoms with Crippen molar-refractivity contribution in [1.29, 1.82) is 5.26 Å². The van der Waals surface area contributed by atoms with E-state index in [1.165, 1.54) is 0 Å². The molecule has 1 aliphatic rings. The van der Waals surface area contributed by atoms with Crippen LogP contribution in [0.4, 0.5) is 0 Å². The van der Waals surface area contributed by atoms with Gasteiger partial charge < -0.3 is 5.11 Å². The first-order chi connectivity index (χ1) is 15.2. The molecule has 0 aliphatic heterocycles. The van der Waals surface area contributed by atoms with E-state index < -0.39 is 0 Å². The van der Waals surface area contributed by atoms with Crippen molar-refractivity contribution < 1.29 is 9.90 Å². The van der Waals surface area contributed by atoms with Crippen LogP contribution in [-0.2, 0) is 0 Å². The number of ketones is 1. The van der Waals surface area contributed by atoms with Crippen molar-refractivity contribution in [2.45, 2.75) is 0 Å². The predicted octanol–water partition coefficient (Wildman–Crippen LogP) is 6.13. The second-order valence-electron chi connectivity index (χ2n) is 7.40. The molecule has 3 heteroatoms. The monoisotopic (exact) mass is 399 g/mol. The van der Waals surface area contributed by atoms with Gasteiger partial charge in [0.05, 0.1) is 11.6 Å². The number of carbonyl (C=O) groups is 1. The maximum absolute atomic E-state index is 12.5. The number of carbonyl (C=O) groups excluding carboxylic acids is 1. The van der Waals surface area contributed by atoms with Crippen molar-refractivity contribution in [2.75, 3.05) is 0 Å². The maximum atomic E-state index is 12.5. The van der Waals surface area contributed by atoms with Gasteiger partial charge in [0.2, 0.25) is 0 Å². The molecule has 0 bridgehead atoms. The molecule has 5 rings (SSSR count). The van der Waals surface area contributed by atoms with Crippen LogP contribution in [-0.4, -0.2) is 10.9 Å². The van der Waals surface area contributed by atoms with Gasteiger partial charge in [-0.2, -0.15) is 5.26 Å². The van der Waals surface area contributed by atoms with Gasteiger partial charge in [-0.15, -0.1) is 0 Å². The molecule has 0 unspecified atom stereocenters.